The zero-order chi connectivity index (χ0) is 14.4. The van der Waals surface area contributed by atoms with E-state index in [4.69, 9.17) is 4.74 Å². The molecule has 1 atom stereocenters. The average molecular weight is 311 g/mol. The van der Waals surface area contributed by atoms with Crippen LogP contribution in [0.3, 0.4) is 0 Å². The first-order valence-corrected chi connectivity index (χ1v) is 8.18. The van der Waals surface area contributed by atoms with Crippen LogP contribution in [0.25, 0.3) is 0 Å². The van der Waals surface area contributed by atoms with Crippen LogP contribution in [0.2, 0.25) is 0 Å². The van der Waals surface area contributed by atoms with Gasteiger partial charge in [0.05, 0.1) is 23.7 Å². The van der Waals surface area contributed by atoms with Gasteiger partial charge in [0.2, 0.25) is 0 Å². The number of anilines is 1. The fourth-order valence-electron chi connectivity index (χ4n) is 1.63. The Morgan fingerprint density at radius 1 is 1.50 bits per heavy atom. The molecule has 2 aromatic rings. The fourth-order valence-corrected chi connectivity index (χ4v) is 3.05. The SMILES string of the molecule is CCOC(=O)Cc1csc(NCC(C)c2nccs2)n1. The summed E-state index contributed by atoms with van der Waals surface area (Å²) in [6.45, 7) is 5.10. The van der Waals surface area contributed by atoms with E-state index in [9.17, 15) is 4.79 Å². The molecule has 0 aromatic carbocycles. The van der Waals surface area contributed by atoms with E-state index < -0.39 is 0 Å². The second-order valence-electron chi connectivity index (χ2n) is 4.28. The van der Waals surface area contributed by atoms with Crippen LogP contribution in [-0.4, -0.2) is 29.1 Å². The van der Waals surface area contributed by atoms with Crippen LogP contribution >= 0.6 is 22.7 Å². The Morgan fingerprint density at radius 2 is 2.35 bits per heavy atom. The number of hydrogen-bond acceptors (Lipinski definition) is 7. The van der Waals surface area contributed by atoms with Crippen LogP contribution in [-0.2, 0) is 16.0 Å². The number of carbonyl (C=O) groups is 1. The van der Waals surface area contributed by atoms with Gasteiger partial charge in [-0.1, -0.05) is 6.92 Å². The fraction of sp³-hybridized carbons (Fsp3) is 0.462. The minimum atomic E-state index is -0.236. The second kappa shape index (κ2) is 7.35. The van der Waals surface area contributed by atoms with Crippen molar-refractivity contribution in [1.82, 2.24) is 9.97 Å². The number of aromatic nitrogens is 2. The van der Waals surface area contributed by atoms with Gasteiger partial charge in [0.15, 0.2) is 5.13 Å². The highest BCUT2D eigenvalue weighted by atomic mass is 32.1. The van der Waals surface area contributed by atoms with E-state index in [-0.39, 0.29) is 12.4 Å². The first-order valence-electron chi connectivity index (χ1n) is 6.42. The molecule has 0 aliphatic rings. The van der Waals surface area contributed by atoms with Gasteiger partial charge >= 0.3 is 5.97 Å². The lowest BCUT2D eigenvalue weighted by Crippen LogP contribution is -2.10. The molecule has 0 saturated heterocycles. The second-order valence-corrected chi connectivity index (χ2v) is 6.06. The van der Waals surface area contributed by atoms with Gasteiger partial charge < -0.3 is 10.1 Å². The normalized spacial score (nSPS) is 12.1. The minimum Gasteiger partial charge on any atom is -0.466 e. The first-order chi connectivity index (χ1) is 9.69. The molecule has 5 nitrogen and oxygen atoms in total. The third kappa shape index (κ3) is 4.28. The number of ether oxygens (including phenoxy) is 1. The molecule has 0 bridgehead atoms. The molecule has 7 heteroatoms. The summed E-state index contributed by atoms with van der Waals surface area (Å²) in [6.07, 6.45) is 2.05. The van der Waals surface area contributed by atoms with Crippen molar-refractivity contribution >= 4 is 33.8 Å². The molecular formula is C13H17N3O2S2. The first kappa shape index (κ1) is 14.9. The van der Waals surface area contributed by atoms with Gasteiger partial charge in [-0.05, 0) is 6.92 Å². The Labute approximate surface area is 126 Å². The molecule has 0 radical (unpaired) electrons. The summed E-state index contributed by atoms with van der Waals surface area (Å²) in [7, 11) is 0. The maximum Gasteiger partial charge on any atom is 0.311 e. The van der Waals surface area contributed by atoms with Crippen molar-refractivity contribution in [3.63, 3.8) is 0 Å². The highest BCUT2D eigenvalue weighted by molar-refractivity contribution is 7.13. The number of nitrogens with zero attached hydrogens (tertiary/aromatic N) is 2. The molecule has 2 heterocycles. The zero-order valence-corrected chi connectivity index (χ0v) is 13.1. The molecule has 0 aliphatic carbocycles. The summed E-state index contributed by atoms with van der Waals surface area (Å²) in [4.78, 5) is 20.0. The largest absolute Gasteiger partial charge is 0.466 e. The predicted octanol–water partition coefficient (Wildman–Crippen LogP) is 2.92. The maximum absolute atomic E-state index is 11.4. The van der Waals surface area contributed by atoms with Crippen LogP contribution in [0.15, 0.2) is 17.0 Å². The minimum absolute atomic E-state index is 0.230. The van der Waals surface area contributed by atoms with E-state index >= 15 is 0 Å². The van der Waals surface area contributed by atoms with E-state index in [1.807, 2.05) is 17.0 Å². The van der Waals surface area contributed by atoms with Crippen LogP contribution in [0.1, 0.15) is 30.5 Å². The maximum atomic E-state index is 11.4. The van der Waals surface area contributed by atoms with Crippen LogP contribution in [0.4, 0.5) is 5.13 Å². The predicted molar refractivity (Wildman–Crippen MR) is 81.5 cm³/mol. The Hall–Kier alpha value is -1.47. The average Bonchev–Trinajstić information content (AvgIpc) is 3.07. The molecular weight excluding hydrogens is 294 g/mol. The van der Waals surface area contributed by atoms with Gasteiger partial charge in [-0.3, -0.25) is 4.79 Å². The van der Waals surface area contributed by atoms with E-state index in [0.29, 0.717) is 12.5 Å². The Bertz CT molecular complexity index is 540. The quantitative estimate of drug-likeness (QED) is 0.797. The van der Waals surface area contributed by atoms with Crippen LogP contribution in [0, 0.1) is 0 Å². The number of rotatable bonds is 7. The lowest BCUT2D eigenvalue weighted by Gasteiger charge is -2.08. The van der Waals surface area contributed by atoms with Gasteiger partial charge in [-0.25, -0.2) is 9.97 Å². The molecule has 1 N–H and O–H groups in total. The van der Waals surface area contributed by atoms with Crippen molar-refractivity contribution in [3.05, 3.63) is 27.7 Å². The van der Waals surface area contributed by atoms with Gasteiger partial charge in [-0.2, -0.15) is 0 Å². The van der Waals surface area contributed by atoms with E-state index in [0.717, 1.165) is 22.4 Å². The molecule has 0 fully saturated rings. The van der Waals surface area contributed by atoms with Gasteiger partial charge in [0, 0.05) is 29.4 Å². The third-order valence-corrected chi connectivity index (χ3v) is 4.47. The molecule has 108 valence electrons. The van der Waals surface area contributed by atoms with Crippen molar-refractivity contribution in [1.29, 1.82) is 0 Å². The summed E-state index contributed by atoms with van der Waals surface area (Å²) in [5.74, 6) is 0.105. The Kier molecular flexibility index (Phi) is 5.49. The van der Waals surface area contributed by atoms with Gasteiger partial charge in [0.1, 0.15) is 0 Å². The van der Waals surface area contributed by atoms with E-state index in [1.54, 1.807) is 18.3 Å². The Morgan fingerprint density at radius 3 is 3.05 bits per heavy atom. The summed E-state index contributed by atoms with van der Waals surface area (Å²) in [6, 6.07) is 0. The highest BCUT2D eigenvalue weighted by Crippen LogP contribution is 2.20. The van der Waals surface area contributed by atoms with Crippen molar-refractivity contribution in [2.24, 2.45) is 0 Å². The highest BCUT2D eigenvalue weighted by Gasteiger charge is 2.11. The third-order valence-electron chi connectivity index (χ3n) is 2.61. The van der Waals surface area contributed by atoms with Crippen molar-refractivity contribution in [2.45, 2.75) is 26.2 Å². The molecule has 0 saturated carbocycles. The summed E-state index contributed by atoms with van der Waals surface area (Å²) < 4.78 is 4.90. The van der Waals surface area contributed by atoms with Crippen LogP contribution in [0.5, 0.6) is 0 Å². The molecule has 0 aliphatic heterocycles. The number of esters is 1. The summed E-state index contributed by atoms with van der Waals surface area (Å²) in [5, 5.41) is 9.08. The molecule has 2 rings (SSSR count). The molecule has 20 heavy (non-hydrogen) atoms. The molecule has 1 unspecified atom stereocenters. The smallest absolute Gasteiger partial charge is 0.311 e. The van der Waals surface area contributed by atoms with Crippen LogP contribution < -0.4 is 5.32 Å². The van der Waals surface area contributed by atoms with E-state index in [1.165, 1.54) is 11.3 Å². The lowest BCUT2D eigenvalue weighted by molar-refractivity contribution is -0.142. The lowest BCUT2D eigenvalue weighted by atomic mass is 10.2. The monoisotopic (exact) mass is 311 g/mol. The van der Waals surface area contributed by atoms with Gasteiger partial charge in [-0.15, -0.1) is 22.7 Å². The zero-order valence-electron chi connectivity index (χ0n) is 11.5. The van der Waals surface area contributed by atoms with Crippen molar-refractivity contribution in [2.75, 3.05) is 18.5 Å². The number of hydrogen-bond donors (Lipinski definition) is 1. The summed E-state index contributed by atoms with van der Waals surface area (Å²) in [5.41, 5.74) is 0.748. The standard InChI is InChI=1S/C13H17N3O2S2/c1-3-18-11(17)6-10-8-20-13(16-10)15-7-9(2)12-14-4-5-19-12/h4-5,8-9H,3,6-7H2,1-2H3,(H,15,16). The van der Waals surface area contributed by atoms with E-state index in [2.05, 4.69) is 22.2 Å². The summed E-state index contributed by atoms with van der Waals surface area (Å²) >= 11 is 3.16. The molecule has 0 amide bonds. The topological polar surface area (TPSA) is 64.1 Å². The molecule has 0 spiro atoms. The number of nitrogens with one attached hydrogen (secondary N) is 1. The molecule has 2 aromatic heterocycles. The van der Waals surface area contributed by atoms with Gasteiger partial charge in [0.25, 0.3) is 0 Å². The van der Waals surface area contributed by atoms with Crippen molar-refractivity contribution in [3.8, 4) is 0 Å². The Balaban J connectivity index is 1.82. The number of thiazole rings is 2. The number of carbonyl (C=O) groups excluding carboxylic acids is 1. The van der Waals surface area contributed by atoms with Crippen molar-refractivity contribution < 1.29 is 9.53 Å².